The second-order valence-corrected chi connectivity index (χ2v) is 5.82. The summed E-state index contributed by atoms with van der Waals surface area (Å²) in [6, 6.07) is 2.24. The van der Waals surface area contributed by atoms with E-state index in [1.807, 2.05) is 11.3 Å². The minimum atomic E-state index is 0.655. The van der Waals surface area contributed by atoms with Crippen LogP contribution >= 0.6 is 27.3 Å². The fourth-order valence-corrected chi connectivity index (χ4v) is 3.23. The second kappa shape index (κ2) is 3.48. The summed E-state index contributed by atoms with van der Waals surface area (Å²) in [4.78, 5) is 1.49. The minimum Gasteiger partial charge on any atom is -0.326 e. The number of hydrogen-bond donors (Lipinski definition) is 1. The Morgan fingerprint density at radius 1 is 1.58 bits per heavy atom. The van der Waals surface area contributed by atoms with Crippen molar-refractivity contribution in [3.05, 3.63) is 20.3 Å². The third-order valence-corrected chi connectivity index (χ3v) is 4.20. The molecule has 1 aliphatic carbocycles. The van der Waals surface area contributed by atoms with Crippen LogP contribution in [0.25, 0.3) is 0 Å². The van der Waals surface area contributed by atoms with E-state index in [9.17, 15) is 0 Å². The van der Waals surface area contributed by atoms with Gasteiger partial charge in [-0.05, 0) is 52.7 Å². The van der Waals surface area contributed by atoms with Crippen LogP contribution < -0.4 is 5.73 Å². The molecular weight excluding hydrogens is 234 g/mol. The summed E-state index contributed by atoms with van der Waals surface area (Å²) in [5.74, 6) is 0.973. The number of hydrogen-bond acceptors (Lipinski definition) is 2. The van der Waals surface area contributed by atoms with Gasteiger partial charge in [0, 0.05) is 11.4 Å². The minimum absolute atomic E-state index is 0.655. The summed E-state index contributed by atoms with van der Waals surface area (Å²) in [5.41, 5.74) is 6.85. The van der Waals surface area contributed by atoms with E-state index >= 15 is 0 Å². The van der Waals surface area contributed by atoms with E-state index < -0.39 is 0 Å². The molecule has 0 unspecified atom stereocenters. The SMILES string of the molecule is NCc1cc(CC2CC2)sc1Br. The van der Waals surface area contributed by atoms with E-state index in [2.05, 4.69) is 22.0 Å². The number of thiophene rings is 1. The van der Waals surface area contributed by atoms with Crippen molar-refractivity contribution in [2.75, 3.05) is 0 Å². The molecule has 2 N–H and O–H groups in total. The van der Waals surface area contributed by atoms with Crippen molar-refractivity contribution < 1.29 is 0 Å². The van der Waals surface area contributed by atoms with Gasteiger partial charge in [-0.15, -0.1) is 11.3 Å². The highest BCUT2D eigenvalue weighted by molar-refractivity contribution is 9.11. The molecule has 0 atom stereocenters. The highest BCUT2D eigenvalue weighted by Gasteiger charge is 2.22. The monoisotopic (exact) mass is 245 g/mol. The summed E-state index contributed by atoms with van der Waals surface area (Å²) >= 11 is 5.37. The van der Waals surface area contributed by atoms with Crippen molar-refractivity contribution in [3.63, 3.8) is 0 Å². The molecule has 1 aromatic rings. The van der Waals surface area contributed by atoms with Gasteiger partial charge in [0.25, 0.3) is 0 Å². The van der Waals surface area contributed by atoms with Crippen molar-refractivity contribution in [2.45, 2.75) is 25.8 Å². The highest BCUT2D eigenvalue weighted by Crippen LogP contribution is 2.36. The van der Waals surface area contributed by atoms with E-state index in [0.29, 0.717) is 6.54 Å². The lowest BCUT2D eigenvalue weighted by molar-refractivity contribution is 0.845. The van der Waals surface area contributed by atoms with Crippen LogP contribution in [0.15, 0.2) is 9.85 Å². The lowest BCUT2D eigenvalue weighted by Crippen LogP contribution is -1.94. The molecule has 66 valence electrons. The van der Waals surface area contributed by atoms with Crippen molar-refractivity contribution in [1.82, 2.24) is 0 Å². The molecule has 3 heteroatoms. The zero-order chi connectivity index (χ0) is 8.55. The van der Waals surface area contributed by atoms with Gasteiger partial charge >= 0.3 is 0 Å². The van der Waals surface area contributed by atoms with Crippen LogP contribution in [-0.4, -0.2) is 0 Å². The largest absolute Gasteiger partial charge is 0.326 e. The Kier molecular flexibility index (Phi) is 2.53. The Balaban J connectivity index is 2.10. The second-order valence-electron chi connectivity index (χ2n) is 3.36. The lowest BCUT2D eigenvalue weighted by atomic mass is 10.2. The van der Waals surface area contributed by atoms with E-state index in [1.165, 1.54) is 33.5 Å². The average molecular weight is 246 g/mol. The zero-order valence-corrected chi connectivity index (χ0v) is 9.25. The molecule has 1 fully saturated rings. The van der Waals surface area contributed by atoms with Crippen LogP contribution in [-0.2, 0) is 13.0 Å². The van der Waals surface area contributed by atoms with Crippen LogP contribution in [0.5, 0.6) is 0 Å². The third-order valence-electron chi connectivity index (χ3n) is 2.22. The van der Waals surface area contributed by atoms with Crippen LogP contribution in [0.4, 0.5) is 0 Å². The molecule has 0 aliphatic heterocycles. The molecule has 12 heavy (non-hydrogen) atoms. The van der Waals surface area contributed by atoms with E-state index in [0.717, 1.165) is 5.92 Å². The molecule has 1 heterocycles. The molecule has 0 saturated heterocycles. The molecule has 1 aromatic heterocycles. The summed E-state index contributed by atoms with van der Waals surface area (Å²) in [5, 5.41) is 0. The molecule has 0 aromatic carbocycles. The Morgan fingerprint density at radius 2 is 2.33 bits per heavy atom. The van der Waals surface area contributed by atoms with Crippen LogP contribution in [0.2, 0.25) is 0 Å². The summed E-state index contributed by atoms with van der Waals surface area (Å²) in [6.45, 7) is 0.655. The van der Waals surface area contributed by atoms with E-state index in [4.69, 9.17) is 5.73 Å². The first-order valence-electron chi connectivity index (χ1n) is 4.26. The van der Waals surface area contributed by atoms with Gasteiger partial charge in [-0.1, -0.05) is 0 Å². The van der Waals surface area contributed by atoms with Crippen molar-refractivity contribution in [2.24, 2.45) is 11.7 Å². The predicted molar refractivity (Wildman–Crippen MR) is 56.3 cm³/mol. The molecule has 0 radical (unpaired) electrons. The van der Waals surface area contributed by atoms with Gasteiger partial charge in [-0.3, -0.25) is 0 Å². The van der Waals surface area contributed by atoms with Gasteiger partial charge in [0.2, 0.25) is 0 Å². The number of rotatable bonds is 3. The van der Waals surface area contributed by atoms with E-state index in [-0.39, 0.29) is 0 Å². The fraction of sp³-hybridized carbons (Fsp3) is 0.556. The first kappa shape index (κ1) is 8.73. The predicted octanol–water partition coefficient (Wildman–Crippen LogP) is 2.92. The molecule has 2 rings (SSSR count). The highest BCUT2D eigenvalue weighted by atomic mass is 79.9. The summed E-state index contributed by atoms with van der Waals surface area (Å²) < 4.78 is 1.22. The van der Waals surface area contributed by atoms with Gasteiger partial charge in [-0.2, -0.15) is 0 Å². The Labute approximate surface area is 85.1 Å². The van der Waals surface area contributed by atoms with Gasteiger partial charge in [0.1, 0.15) is 0 Å². The Bertz CT molecular complexity index is 278. The van der Waals surface area contributed by atoms with Crippen molar-refractivity contribution in [3.8, 4) is 0 Å². The van der Waals surface area contributed by atoms with Crippen LogP contribution in [0.3, 0.4) is 0 Å². The molecular formula is C9H12BrNS. The number of nitrogens with two attached hydrogens (primary N) is 1. The normalized spacial score (nSPS) is 16.8. The first-order valence-corrected chi connectivity index (χ1v) is 5.87. The Morgan fingerprint density at radius 3 is 2.83 bits per heavy atom. The van der Waals surface area contributed by atoms with Crippen LogP contribution in [0.1, 0.15) is 23.3 Å². The van der Waals surface area contributed by atoms with Gasteiger partial charge in [0.05, 0.1) is 3.79 Å². The zero-order valence-electron chi connectivity index (χ0n) is 6.85. The molecule has 1 saturated carbocycles. The molecule has 0 bridgehead atoms. The quantitative estimate of drug-likeness (QED) is 0.871. The average Bonchev–Trinajstić information content (AvgIpc) is 2.76. The third kappa shape index (κ3) is 1.90. The van der Waals surface area contributed by atoms with Crippen molar-refractivity contribution >= 4 is 27.3 Å². The van der Waals surface area contributed by atoms with Gasteiger partial charge < -0.3 is 5.73 Å². The maximum absolute atomic E-state index is 5.59. The van der Waals surface area contributed by atoms with E-state index in [1.54, 1.807) is 0 Å². The standard InChI is InChI=1S/C9H12BrNS/c10-9-7(5-11)4-8(12-9)3-6-1-2-6/h4,6H,1-3,5,11H2. The Hall–Kier alpha value is 0.140. The molecule has 1 nitrogen and oxygen atoms in total. The molecule has 0 amide bonds. The number of halogens is 1. The molecule has 0 spiro atoms. The van der Waals surface area contributed by atoms with Gasteiger partial charge in [-0.25, -0.2) is 0 Å². The fourth-order valence-electron chi connectivity index (χ4n) is 1.31. The van der Waals surface area contributed by atoms with Gasteiger partial charge in [0.15, 0.2) is 0 Å². The summed E-state index contributed by atoms with van der Waals surface area (Å²) in [6.07, 6.45) is 4.12. The maximum Gasteiger partial charge on any atom is 0.0746 e. The lowest BCUT2D eigenvalue weighted by Gasteiger charge is -1.89. The topological polar surface area (TPSA) is 26.0 Å². The maximum atomic E-state index is 5.59. The summed E-state index contributed by atoms with van der Waals surface area (Å²) in [7, 11) is 0. The van der Waals surface area contributed by atoms with Crippen molar-refractivity contribution in [1.29, 1.82) is 0 Å². The first-order chi connectivity index (χ1) is 5.79. The smallest absolute Gasteiger partial charge is 0.0746 e. The van der Waals surface area contributed by atoms with Crippen LogP contribution in [0, 0.1) is 5.92 Å². The molecule has 1 aliphatic rings.